The number of carbonyl (C=O) groups excluding carboxylic acids is 3. The van der Waals surface area contributed by atoms with Crippen molar-refractivity contribution in [2.75, 3.05) is 6.61 Å². The zero-order valence-electron chi connectivity index (χ0n) is 10.7. The maximum atomic E-state index is 11.4. The Morgan fingerprint density at radius 2 is 2.00 bits per heavy atom. The second-order valence-electron chi connectivity index (χ2n) is 4.05. The zero-order chi connectivity index (χ0) is 14.3. The molecule has 1 unspecified atom stereocenters. The first kappa shape index (κ1) is 15.4. The van der Waals surface area contributed by atoms with Gasteiger partial charge < -0.3 is 4.74 Å². The Kier molecular flexibility index (Phi) is 6.23. The van der Waals surface area contributed by atoms with Crippen LogP contribution in [-0.2, 0) is 24.1 Å². The van der Waals surface area contributed by atoms with E-state index < -0.39 is 24.1 Å². The highest BCUT2D eigenvalue weighted by Gasteiger charge is 2.33. The number of amides is 2. The lowest BCUT2D eigenvalue weighted by Crippen LogP contribution is -2.33. The molecule has 1 aliphatic heterocycles. The van der Waals surface area contributed by atoms with Crippen LogP contribution in [-0.4, -0.2) is 41.0 Å². The van der Waals surface area contributed by atoms with E-state index in [0.717, 1.165) is 0 Å². The molecule has 0 aromatic rings. The first-order chi connectivity index (χ1) is 9.08. The van der Waals surface area contributed by atoms with Crippen LogP contribution < -0.4 is 0 Å². The van der Waals surface area contributed by atoms with Crippen molar-refractivity contribution < 1.29 is 34.1 Å². The molecule has 0 radical (unpaired) electrons. The number of nitrogens with zero attached hydrogens (tertiary/aromatic N) is 1. The summed E-state index contributed by atoms with van der Waals surface area (Å²) < 4.78 is 4.96. The van der Waals surface area contributed by atoms with E-state index in [1.807, 2.05) is 6.92 Å². The molecule has 0 aromatic heterocycles. The summed E-state index contributed by atoms with van der Waals surface area (Å²) in [6, 6.07) is 0. The lowest BCUT2D eigenvalue weighted by Gasteiger charge is -2.17. The minimum absolute atomic E-state index is 0.0388. The fraction of sp³-hybridized carbons (Fsp3) is 0.727. The summed E-state index contributed by atoms with van der Waals surface area (Å²) in [5.41, 5.74) is 0. The van der Waals surface area contributed by atoms with Gasteiger partial charge in [-0.3, -0.25) is 19.7 Å². The molecular weight excluding hydrogens is 258 g/mol. The quantitative estimate of drug-likeness (QED) is 0.245. The number of hydrogen-bond acceptors (Lipinski definition) is 7. The van der Waals surface area contributed by atoms with E-state index in [-0.39, 0.29) is 19.4 Å². The monoisotopic (exact) mass is 275 g/mol. The molecule has 0 bridgehead atoms. The lowest BCUT2D eigenvalue weighted by molar-refractivity contribution is -0.243. The highest BCUT2D eigenvalue weighted by atomic mass is 17.1. The molecule has 19 heavy (non-hydrogen) atoms. The molecule has 1 heterocycles. The summed E-state index contributed by atoms with van der Waals surface area (Å²) in [6.45, 7) is 1.95. The minimum atomic E-state index is -1.08. The molecule has 0 aromatic carbocycles. The Bertz CT molecular complexity index is 328. The smallest absolute Gasteiger partial charge is 0.429 e. The van der Waals surface area contributed by atoms with Crippen LogP contribution in [0, 0.1) is 0 Å². The molecule has 8 heteroatoms. The molecule has 0 spiro atoms. The van der Waals surface area contributed by atoms with Gasteiger partial charge in [-0.2, -0.15) is 0 Å². The third kappa shape index (κ3) is 4.84. The average Bonchev–Trinajstić information content (AvgIpc) is 2.69. The van der Waals surface area contributed by atoms with E-state index in [4.69, 9.17) is 9.99 Å². The number of ether oxygens (including phenoxy) is 1. The van der Waals surface area contributed by atoms with Gasteiger partial charge >= 0.3 is 6.16 Å². The largest absolute Gasteiger partial charge is 0.534 e. The van der Waals surface area contributed by atoms with Crippen LogP contribution in [0.3, 0.4) is 0 Å². The van der Waals surface area contributed by atoms with Gasteiger partial charge in [0, 0.05) is 12.8 Å². The van der Waals surface area contributed by atoms with E-state index in [1.165, 1.54) is 0 Å². The van der Waals surface area contributed by atoms with Crippen molar-refractivity contribution in [3.63, 3.8) is 0 Å². The maximum absolute atomic E-state index is 11.4. The Morgan fingerprint density at radius 1 is 1.37 bits per heavy atom. The molecule has 1 rings (SSSR count). The Labute approximate surface area is 110 Å². The van der Waals surface area contributed by atoms with Gasteiger partial charge in [-0.25, -0.2) is 9.68 Å². The molecule has 1 N–H and O–H groups in total. The second kappa shape index (κ2) is 7.70. The minimum Gasteiger partial charge on any atom is -0.429 e. The molecule has 1 atom stereocenters. The van der Waals surface area contributed by atoms with Crippen molar-refractivity contribution in [3.05, 3.63) is 0 Å². The van der Waals surface area contributed by atoms with Crippen LogP contribution in [0.5, 0.6) is 0 Å². The molecule has 1 aliphatic rings. The predicted molar refractivity (Wildman–Crippen MR) is 60.5 cm³/mol. The van der Waals surface area contributed by atoms with Gasteiger partial charge in [-0.15, -0.1) is 0 Å². The molecular formula is C11H17NO7. The number of imide groups is 1. The third-order valence-corrected chi connectivity index (χ3v) is 2.65. The summed E-state index contributed by atoms with van der Waals surface area (Å²) in [5, 5.41) is 8.60. The zero-order valence-corrected chi connectivity index (χ0v) is 10.7. The second-order valence-corrected chi connectivity index (χ2v) is 4.05. The lowest BCUT2D eigenvalue weighted by atomic mass is 10.1. The van der Waals surface area contributed by atoms with Crippen LogP contribution >= 0.6 is 0 Å². The van der Waals surface area contributed by atoms with Gasteiger partial charge in [0.25, 0.3) is 11.8 Å². The van der Waals surface area contributed by atoms with Crippen LogP contribution in [0.4, 0.5) is 4.79 Å². The first-order valence-electron chi connectivity index (χ1n) is 6.09. The molecule has 0 saturated carbocycles. The van der Waals surface area contributed by atoms with E-state index in [2.05, 4.69) is 9.73 Å². The summed E-state index contributed by atoms with van der Waals surface area (Å²) in [5.74, 6) is -1.10. The Balaban J connectivity index is 2.36. The fourth-order valence-electron chi connectivity index (χ4n) is 1.61. The molecule has 1 saturated heterocycles. The predicted octanol–water partition coefficient (Wildman–Crippen LogP) is 1.25. The van der Waals surface area contributed by atoms with E-state index in [9.17, 15) is 14.4 Å². The highest BCUT2D eigenvalue weighted by molar-refractivity contribution is 6.01. The van der Waals surface area contributed by atoms with E-state index >= 15 is 0 Å². The van der Waals surface area contributed by atoms with E-state index in [1.54, 1.807) is 0 Å². The van der Waals surface area contributed by atoms with Crippen molar-refractivity contribution in [2.45, 2.75) is 45.1 Å². The summed E-state index contributed by atoms with van der Waals surface area (Å²) in [6.07, 6.45) is 0.102. The molecule has 108 valence electrons. The van der Waals surface area contributed by atoms with Crippen LogP contribution in [0.2, 0.25) is 0 Å². The van der Waals surface area contributed by atoms with Crippen molar-refractivity contribution in [2.24, 2.45) is 0 Å². The number of rotatable bonds is 7. The van der Waals surface area contributed by atoms with Crippen LogP contribution in [0.25, 0.3) is 0 Å². The topological polar surface area (TPSA) is 102 Å². The fourth-order valence-corrected chi connectivity index (χ4v) is 1.61. The molecule has 8 nitrogen and oxygen atoms in total. The standard InChI is InChI=1S/C11H17NO7/c1-2-8(4-3-7-17-16)18-11(15)19-12-9(13)5-6-10(12)14/h8,16H,2-7H2,1H3. The number of hydroxylamine groups is 2. The van der Waals surface area contributed by atoms with Gasteiger partial charge in [0.2, 0.25) is 0 Å². The molecule has 1 fully saturated rings. The average molecular weight is 275 g/mol. The Morgan fingerprint density at radius 3 is 2.53 bits per heavy atom. The van der Waals surface area contributed by atoms with Crippen molar-refractivity contribution in [1.82, 2.24) is 5.06 Å². The van der Waals surface area contributed by atoms with E-state index in [0.29, 0.717) is 24.3 Å². The van der Waals surface area contributed by atoms with Crippen LogP contribution in [0.1, 0.15) is 39.0 Å². The van der Waals surface area contributed by atoms with Crippen molar-refractivity contribution in [1.29, 1.82) is 0 Å². The summed E-state index contributed by atoms with van der Waals surface area (Å²) >= 11 is 0. The van der Waals surface area contributed by atoms with Crippen molar-refractivity contribution >= 4 is 18.0 Å². The third-order valence-electron chi connectivity index (χ3n) is 2.65. The van der Waals surface area contributed by atoms with Crippen LogP contribution in [0.15, 0.2) is 0 Å². The Hall–Kier alpha value is -1.67. The van der Waals surface area contributed by atoms with Gasteiger partial charge in [0.15, 0.2) is 0 Å². The summed E-state index contributed by atoms with van der Waals surface area (Å²) in [4.78, 5) is 42.3. The van der Waals surface area contributed by atoms with Gasteiger partial charge in [0.1, 0.15) is 6.10 Å². The van der Waals surface area contributed by atoms with Gasteiger partial charge in [-0.05, 0) is 19.3 Å². The first-order valence-corrected chi connectivity index (χ1v) is 6.09. The highest BCUT2D eigenvalue weighted by Crippen LogP contribution is 2.14. The number of hydrogen-bond donors (Lipinski definition) is 1. The van der Waals surface area contributed by atoms with Crippen molar-refractivity contribution in [3.8, 4) is 0 Å². The SMILES string of the molecule is CCC(CCCOO)OC(=O)ON1C(=O)CCC1=O. The summed E-state index contributed by atoms with van der Waals surface area (Å²) in [7, 11) is 0. The molecule has 2 amide bonds. The molecule has 0 aliphatic carbocycles. The normalized spacial score (nSPS) is 16.6. The van der Waals surface area contributed by atoms with Gasteiger partial charge in [0.05, 0.1) is 6.61 Å². The maximum Gasteiger partial charge on any atom is 0.534 e. The number of carbonyl (C=O) groups is 3. The van der Waals surface area contributed by atoms with Gasteiger partial charge in [-0.1, -0.05) is 12.0 Å².